The van der Waals surface area contributed by atoms with E-state index in [4.69, 9.17) is 0 Å². The molecule has 2 heteroatoms. The Bertz CT molecular complexity index is 128. The molecule has 1 rings (SSSR count). The first-order valence-electron chi connectivity index (χ1n) is 5.15. The monoisotopic (exact) mass is 170 g/mol. The van der Waals surface area contributed by atoms with E-state index in [0.29, 0.717) is 11.6 Å². The molecule has 0 aromatic carbocycles. The summed E-state index contributed by atoms with van der Waals surface area (Å²) in [6, 6.07) is 0.667. The fourth-order valence-corrected chi connectivity index (χ4v) is 2.04. The van der Waals surface area contributed by atoms with Crippen LogP contribution < -0.4 is 10.6 Å². The molecular formula is C10H22N2. The van der Waals surface area contributed by atoms with Crippen molar-refractivity contribution in [1.29, 1.82) is 0 Å². The van der Waals surface area contributed by atoms with Gasteiger partial charge in [0, 0.05) is 18.1 Å². The molecule has 12 heavy (non-hydrogen) atoms. The fraction of sp³-hybridized carbons (Fsp3) is 1.00. The molecular weight excluding hydrogens is 148 g/mol. The van der Waals surface area contributed by atoms with Crippen molar-refractivity contribution in [1.82, 2.24) is 10.6 Å². The van der Waals surface area contributed by atoms with Gasteiger partial charge in [-0.2, -0.15) is 0 Å². The van der Waals surface area contributed by atoms with Crippen LogP contribution in [0.4, 0.5) is 0 Å². The highest BCUT2D eigenvalue weighted by molar-refractivity contribution is 4.92. The maximum Gasteiger partial charge on any atom is 0.0292 e. The van der Waals surface area contributed by atoms with E-state index in [0.717, 1.165) is 6.54 Å². The summed E-state index contributed by atoms with van der Waals surface area (Å²) in [4.78, 5) is 0. The van der Waals surface area contributed by atoms with Crippen LogP contribution in [-0.4, -0.2) is 24.7 Å². The zero-order chi connectivity index (χ0) is 9.03. The molecule has 0 saturated carbocycles. The van der Waals surface area contributed by atoms with E-state index in [-0.39, 0.29) is 0 Å². The predicted octanol–water partition coefficient (Wildman–Crippen LogP) is 1.52. The Hall–Kier alpha value is -0.0800. The van der Waals surface area contributed by atoms with Crippen molar-refractivity contribution in [2.75, 3.05) is 13.1 Å². The number of rotatable bonds is 4. The number of hydrogen-bond acceptors (Lipinski definition) is 2. The minimum atomic E-state index is 0.356. The SMILES string of the molecule is CCCC(C)NC1(C)CCNC1. The van der Waals surface area contributed by atoms with Crippen molar-refractivity contribution < 1.29 is 0 Å². The summed E-state index contributed by atoms with van der Waals surface area (Å²) >= 11 is 0. The second-order valence-electron chi connectivity index (χ2n) is 4.32. The van der Waals surface area contributed by atoms with Crippen LogP contribution in [0.15, 0.2) is 0 Å². The summed E-state index contributed by atoms with van der Waals surface area (Å²) in [7, 11) is 0. The minimum Gasteiger partial charge on any atom is -0.315 e. The van der Waals surface area contributed by atoms with Gasteiger partial charge in [0.15, 0.2) is 0 Å². The Labute approximate surface area is 76.1 Å². The minimum absolute atomic E-state index is 0.356. The molecule has 0 aromatic rings. The first-order chi connectivity index (χ1) is 5.66. The highest BCUT2D eigenvalue weighted by Gasteiger charge is 2.28. The Kier molecular flexibility index (Phi) is 3.53. The molecule has 0 spiro atoms. The molecule has 2 nitrogen and oxygen atoms in total. The molecule has 1 heterocycles. The molecule has 1 aliphatic rings. The van der Waals surface area contributed by atoms with Crippen molar-refractivity contribution in [3.8, 4) is 0 Å². The summed E-state index contributed by atoms with van der Waals surface area (Å²) in [5.74, 6) is 0. The average Bonchev–Trinajstić information content (AvgIpc) is 2.36. The molecule has 0 aromatic heterocycles. The number of nitrogens with one attached hydrogen (secondary N) is 2. The zero-order valence-electron chi connectivity index (χ0n) is 8.61. The van der Waals surface area contributed by atoms with E-state index in [9.17, 15) is 0 Å². The lowest BCUT2D eigenvalue weighted by Gasteiger charge is -2.28. The smallest absolute Gasteiger partial charge is 0.0292 e. The lowest BCUT2D eigenvalue weighted by atomic mass is 9.99. The lowest BCUT2D eigenvalue weighted by molar-refractivity contribution is 0.331. The maximum absolute atomic E-state index is 3.69. The Morgan fingerprint density at radius 1 is 1.58 bits per heavy atom. The van der Waals surface area contributed by atoms with E-state index in [1.165, 1.54) is 25.8 Å². The van der Waals surface area contributed by atoms with E-state index in [1.807, 2.05) is 0 Å². The molecule has 1 fully saturated rings. The third-order valence-corrected chi connectivity index (χ3v) is 2.69. The predicted molar refractivity (Wildman–Crippen MR) is 53.4 cm³/mol. The molecule has 72 valence electrons. The van der Waals surface area contributed by atoms with Crippen LogP contribution in [0.2, 0.25) is 0 Å². The first-order valence-corrected chi connectivity index (χ1v) is 5.15. The van der Waals surface area contributed by atoms with E-state index in [2.05, 4.69) is 31.4 Å². The second kappa shape index (κ2) is 4.24. The van der Waals surface area contributed by atoms with Gasteiger partial charge < -0.3 is 10.6 Å². The molecule has 1 saturated heterocycles. The van der Waals surface area contributed by atoms with Crippen molar-refractivity contribution in [2.24, 2.45) is 0 Å². The largest absolute Gasteiger partial charge is 0.315 e. The Morgan fingerprint density at radius 3 is 2.83 bits per heavy atom. The van der Waals surface area contributed by atoms with Gasteiger partial charge >= 0.3 is 0 Å². The van der Waals surface area contributed by atoms with Crippen molar-refractivity contribution in [3.05, 3.63) is 0 Å². The quantitative estimate of drug-likeness (QED) is 0.668. The second-order valence-corrected chi connectivity index (χ2v) is 4.32. The summed E-state index contributed by atoms with van der Waals surface area (Å²) in [5.41, 5.74) is 0.356. The first kappa shape index (κ1) is 10.0. The lowest BCUT2D eigenvalue weighted by Crippen LogP contribution is -2.48. The van der Waals surface area contributed by atoms with Gasteiger partial charge in [0.25, 0.3) is 0 Å². The molecule has 2 N–H and O–H groups in total. The molecule has 2 unspecified atom stereocenters. The van der Waals surface area contributed by atoms with E-state index < -0.39 is 0 Å². The highest BCUT2D eigenvalue weighted by Crippen LogP contribution is 2.15. The zero-order valence-corrected chi connectivity index (χ0v) is 8.61. The van der Waals surface area contributed by atoms with Crippen LogP contribution >= 0.6 is 0 Å². The normalized spacial score (nSPS) is 32.2. The molecule has 0 aliphatic carbocycles. The van der Waals surface area contributed by atoms with Crippen LogP contribution in [0.25, 0.3) is 0 Å². The third-order valence-electron chi connectivity index (χ3n) is 2.69. The summed E-state index contributed by atoms with van der Waals surface area (Å²) in [6.07, 6.45) is 3.83. The van der Waals surface area contributed by atoms with Gasteiger partial charge in [0.1, 0.15) is 0 Å². The molecule has 0 radical (unpaired) electrons. The molecule has 1 aliphatic heterocycles. The Balaban J connectivity index is 2.28. The maximum atomic E-state index is 3.69. The summed E-state index contributed by atoms with van der Waals surface area (Å²) < 4.78 is 0. The van der Waals surface area contributed by atoms with Crippen LogP contribution in [0.1, 0.15) is 40.0 Å². The van der Waals surface area contributed by atoms with Crippen molar-refractivity contribution in [3.63, 3.8) is 0 Å². The van der Waals surface area contributed by atoms with Gasteiger partial charge in [-0.3, -0.25) is 0 Å². The molecule has 0 bridgehead atoms. The summed E-state index contributed by atoms with van der Waals surface area (Å²) in [5, 5.41) is 7.09. The molecule has 2 atom stereocenters. The van der Waals surface area contributed by atoms with Crippen LogP contribution in [-0.2, 0) is 0 Å². The van der Waals surface area contributed by atoms with Crippen molar-refractivity contribution >= 4 is 0 Å². The highest BCUT2D eigenvalue weighted by atomic mass is 15.1. The van der Waals surface area contributed by atoms with Gasteiger partial charge in [-0.1, -0.05) is 13.3 Å². The van der Waals surface area contributed by atoms with Gasteiger partial charge in [-0.25, -0.2) is 0 Å². The van der Waals surface area contributed by atoms with Crippen LogP contribution in [0.3, 0.4) is 0 Å². The van der Waals surface area contributed by atoms with E-state index in [1.54, 1.807) is 0 Å². The van der Waals surface area contributed by atoms with Crippen LogP contribution in [0, 0.1) is 0 Å². The van der Waals surface area contributed by atoms with Gasteiger partial charge in [0.2, 0.25) is 0 Å². The Morgan fingerprint density at radius 2 is 2.33 bits per heavy atom. The van der Waals surface area contributed by atoms with Gasteiger partial charge in [-0.15, -0.1) is 0 Å². The van der Waals surface area contributed by atoms with Gasteiger partial charge in [0.05, 0.1) is 0 Å². The third kappa shape index (κ3) is 2.76. The van der Waals surface area contributed by atoms with Crippen molar-refractivity contribution in [2.45, 2.75) is 51.6 Å². The topological polar surface area (TPSA) is 24.1 Å². The van der Waals surface area contributed by atoms with Crippen LogP contribution in [0.5, 0.6) is 0 Å². The fourth-order valence-electron chi connectivity index (χ4n) is 2.04. The van der Waals surface area contributed by atoms with Gasteiger partial charge in [-0.05, 0) is 33.2 Å². The standard InChI is InChI=1S/C10H22N2/c1-4-5-9(2)12-10(3)6-7-11-8-10/h9,11-12H,4-8H2,1-3H3. The summed E-state index contributed by atoms with van der Waals surface area (Å²) in [6.45, 7) is 9.14. The molecule has 0 amide bonds. The number of hydrogen-bond donors (Lipinski definition) is 2. The average molecular weight is 170 g/mol. The van der Waals surface area contributed by atoms with E-state index >= 15 is 0 Å².